The van der Waals surface area contributed by atoms with E-state index in [4.69, 9.17) is 20.6 Å². The van der Waals surface area contributed by atoms with E-state index in [9.17, 15) is 9.90 Å². The van der Waals surface area contributed by atoms with Crippen LogP contribution in [-0.4, -0.2) is 86.8 Å². The van der Waals surface area contributed by atoms with Crippen LogP contribution in [0.25, 0.3) is 21.9 Å². The van der Waals surface area contributed by atoms with Crippen LogP contribution < -0.4 is 16.0 Å². The smallest absolute Gasteiger partial charge is 0.409 e. The predicted octanol–water partition coefficient (Wildman–Crippen LogP) is 2.92. The van der Waals surface area contributed by atoms with Gasteiger partial charge >= 0.3 is 6.09 Å². The SMILES string of the molecule is CCCCN(CCO)c1nc(N)nc2cn(Cc3ccc(CN[C@@H]4CCCN(C(=O)OC)C4)c4cccnc34)nc12. The molecule has 4 aromatic rings. The molecule has 0 unspecified atom stereocenters. The number of hydrogen-bond acceptors (Lipinski definition) is 10. The second-order valence-corrected chi connectivity index (χ2v) is 10.4. The number of methoxy groups -OCH3 is 1. The number of ether oxygens (including phenoxy) is 1. The second-order valence-electron chi connectivity index (χ2n) is 10.4. The largest absolute Gasteiger partial charge is 0.453 e. The number of likely N-dealkylation sites (tertiary alicyclic amines) is 1. The number of carbonyl (C=O) groups excluding carboxylic acids is 1. The van der Waals surface area contributed by atoms with E-state index in [1.807, 2.05) is 28.0 Å². The molecule has 1 atom stereocenters. The number of aliphatic hydroxyl groups is 1. The average Bonchev–Trinajstić information content (AvgIpc) is 3.40. The van der Waals surface area contributed by atoms with Gasteiger partial charge in [0.25, 0.3) is 0 Å². The van der Waals surface area contributed by atoms with Gasteiger partial charge in [0.15, 0.2) is 11.3 Å². The van der Waals surface area contributed by atoms with Gasteiger partial charge in [0.1, 0.15) is 5.52 Å². The van der Waals surface area contributed by atoms with Gasteiger partial charge in [-0.15, -0.1) is 0 Å². The van der Waals surface area contributed by atoms with Gasteiger partial charge in [0.05, 0.1) is 32.0 Å². The van der Waals surface area contributed by atoms with Gasteiger partial charge in [-0.05, 0) is 36.5 Å². The van der Waals surface area contributed by atoms with Crippen molar-refractivity contribution in [3.8, 4) is 0 Å². The van der Waals surface area contributed by atoms with Crippen LogP contribution in [-0.2, 0) is 17.8 Å². The third-order valence-corrected chi connectivity index (χ3v) is 7.57. The van der Waals surface area contributed by atoms with E-state index >= 15 is 0 Å². The first-order valence-corrected chi connectivity index (χ1v) is 14.3. The maximum Gasteiger partial charge on any atom is 0.409 e. The lowest BCUT2D eigenvalue weighted by Crippen LogP contribution is -2.47. The fraction of sp³-hybridized carbons (Fsp3) is 0.483. The Balaban J connectivity index is 1.38. The number of anilines is 2. The quantitative estimate of drug-likeness (QED) is 0.250. The van der Waals surface area contributed by atoms with Gasteiger partial charge in [0.2, 0.25) is 5.95 Å². The lowest BCUT2D eigenvalue weighted by molar-refractivity contribution is 0.107. The number of benzene rings is 1. The number of nitrogen functional groups attached to an aromatic ring is 1. The molecule has 41 heavy (non-hydrogen) atoms. The molecular weight excluding hydrogens is 522 g/mol. The van der Waals surface area contributed by atoms with E-state index in [0.29, 0.717) is 43.0 Å². The minimum atomic E-state index is -0.273. The predicted molar refractivity (Wildman–Crippen MR) is 159 cm³/mol. The molecule has 5 rings (SSSR count). The second kappa shape index (κ2) is 13.1. The lowest BCUT2D eigenvalue weighted by atomic mass is 10.0. The van der Waals surface area contributed by atoms with Crippen molar-refractivity contribution >= 4 is 39.8 Å². The third-order valence-electron chi connectivity index (χ3n) is 7.57. The van der Waals surface area contributed by atoms with Crippen molar-refractivity contribution in [1.82, 2.24) is 34.9 Å². The molecular formula is C29H39N9O3. The van der Waals surface area contributed by atoms with Crippen LogP contribution in [0.3, 0.4) is 0 Å². The molecule has 12 heteroatoms. The monoisotopic (exact) mass is 561 g/mol. The summed E-state index contributed by atoms with van der Waals surface area (Å²) < 4.78 is 6.76. The molecule has 0 radical (unpaired) electrons. The highest BCUT2D eigenvalue weighted by Gasteiger charge is 2.24. The molecule has 1 saturated heterocycles. The Labute approximate surface area is 239 Å². The normalized spacial score (nSPS) is 15.5. The van der Waals surface area contributed by atoms with Crippen LogP contribution >= 0.6 is 0 Å². The number of rotatable bonds is 11. The maximum atomic E-state index is 12.0. The number of aliphatic hydroxyl groups excluding tert-OH is 1. The molecule has 1 aromatic carbocycles. The number of hydrogen-bond donors (Lipinski definition) is 3. The number of nitrogens with zero attached hydrogens (tertiary/aromatic N) is 7. The van der Waals surface area contributed by atoms with Crippen LogP contribution in [0.1, 0.15) is 43.7 Å². The highest BCUT2D eigenvalue weighted by Crippen LogP contribution is 2.26. The van der Waals surface area contributed by atoms with Crippen molar-refractivity contribution in [1.29, 1.82) is 0 Å². The molecule has 1 aliphatic heterocycles. The molecule has 218 valence electrons. The zero-order chi connectivity index (χ0) is 28.8. The number of pyridine rings is 1. The van der Waals surface area contributed by atoms with E-state index < -0.39 is 0 Å². The van der Waals surface area contributed by atoms with E-state index in [1.165, 1.54) is 7.11 Å². The Kier molecular flexibility index (Phi) is 9.10. The van der Waals surface area contributed by atoms with E-state index in [0.717, 1.165) is 60.8 Å². The molecule has 12 nitrogen and oxygen atoms in total. The van der Waals surface area contributed by atoms with Gasteiger partial charge in [0, 0.05) is 50.3 Å². The lowest BCUT2D eigenvalue weighted by Gasteiger charge is -2.32. The van der Waals surface area contributed by atoms with E-state index in [1.54, 1.807) is 4.90 Å². The molecule has 3 aromatic heterocycles. The Morgan fingerprint density at radius 3 is 2.88 bits per heavy atom. The van der Waals surface area contributed by atoms with Crippen LogP contribution in [0, 0.1) is 0 Å². The van der Waals surface area contributed by atoms with Crippen LogP contribution in [0.15, 0.2) is 36.7 Å². The number of amides is 1. The number of carbonyl (C=O) groups is 1. The van der Waals surface area contributed by atoms with E-state index in [2.05, 4.69) is 40.4 Å². The summed E-state index contributed by atoms with van der Waals surface area (Å²) in [6.45, 7) is 5.88. The zero-order valence-electron chi connectivity index (χ0n) is 23.8. The zero-order valence-corrected chi connectivity index (χ0v) is 23.8. The van der Waals surface area contributed by atoms with Gasteiger partial charge in [-0.25, -0.2) is 9.78 Å². The Bertz CT molecular complexity index is 1490. The van der Waals surface area contributed by atoms with Crippen molar-refractivity contribution in [2.24, 2.45) is 0 Å². The van der Waals surface area contributed by atoms with Crippen LogP contribution in [0.2, 0.25) is 0 Å². The Morgan fingerprint density at radius 1 is 1.22 bits per heavy atom. The molecule has 0 aliphatic carbocycles. The van der Waals surface area contributed by atoms with Crippen molar-refractivity contribution in [3.05, 3.63) is 47.8 Å². The molecule has 4 N–H and O–H groups in total. The Morgan fingerprint density at radius 2 is 2.07 bits per heavy atom. The topological polar surface area (TPSA) is 148 Å². The van der Waals surface area contributed by atoms with Crippen molar-refractivity contribution in [3.63, 3.8) is 0 Å². The summed E-state index contributed by atoms with van der Waals surface area (Å²) in [5, 5.41) is 19.2. The Hall–Kier alpha value is -4.03. The summed E-state index contributed by atoms with van der Waals surface area (Å²) in [6, 6.07) is 8.48. The van der Waals surface area contributed by atoms with Gasteiger partial charge in [-0.3, -0.25) is 9.67 Å². The minimum Gasteiger partial charge on any atom is -0.453 e. The van der Waals surface area contributed by atoms with Gasteiger partial charge in [-0.2, -0.15) is 10.1 Å². The van der Waals surface area contributed by atoms with Gasteiger partial charge in [-0.1, -0.05) is 31.5 Å². The van der Waals surface area contributed by atoms with Gasteiger partial charge < -0.3 is 30.7 Å². The first-order valence-electron chi connectivity index (χ1n) is 14.3. The molecule has 4 heterocycles. The van der Waals surface area contributed by atoms with E-state index in [-0.39, 0.29) is 24.7 Å². The van der Waals surface area contributed by atoms with Crippen molar-refractivity contribution < 1.29 is 14.6 Å². The number of nitrogens with two attached hydrogens (primary N) is 1. The van der Waals surface area contributed by atoms with Crippen molar-refractivity contribution in [2.75, 3.05) is 50.5 Å². The molecule has 1 aliphatic rings. The number of unbranched alkanes of at least 4 members (excludes halogenated alkanes) is 1. The van der Waals surface area contributed by atoms with Crippen LogP contribution in [0.5, 0.6) is 0 Å². The third kappa shape index (κ3) is 6.49. The molecule has 1 fully saturated rings. The number of nitrogens with one attached hydrogen (secondary N) is 1. The molecule has 0 bridgehead atoms. The highest BCUT2D eigenvalue weighted by atomic mass is 16.5. The van der Waals surface area contributed by atoms with Crippen molar-refractivity contribution in [2.45, 2.75) is 51.7 Å². The summed E-state index contributed by atoms with van der Waals surface area (Å²) in [5.74, 6) is 0.828. The fourth-order valence-electron chi connectivity index (χ4n) is 5.50. The number of piperidine rings is 1. The summed E-state index contributed by atoms with van der Waals surface area (Å²) >= 11 is 0. The first kappa shape index (κ1) is 28.5. The minimum absolute atomic E-state index is 0.0129. The summed E-state index contributed by atoms with van der Waals surface area (Å²) in [4.78, 5) is 29.4. The summed E-state index contributed by atoms with van der Waals surface area (Å²) in [7, 11) is 1.42. The number of fused-ring (bicyclic) bond motifs is 2. The summed E-state index contributed by atoms with van der Waals surface area (Å²) in [5.41, 5.74) is 10.5. The standard InChI is InChI=1S/C29H39N9O3/c1-3-4-12-36(14-15-39)27-26-24(33-28(30)34-27)19-38(35-26)17-21-10-9-20(23-8-5-11-31-25(21)23)16-32-22-7-6-13-37(18-22)29(40)41-2/h5,8-11,19,22,32,39H,3-4,6-7,12-18H2,1-2H3,(H2,30,33)/t22-/m1/s1. The number of aromatic nitrogens is 5. The maximum absolute atomic E-state index is 12.0. The first-order chi connectivity index (χ1) is 20.0. The highest BCUT2D eigenvalue weighted by molar-refractivity contribution is 5.87. The molecule has 1 amide bonds. The van der Waals surface area contributed by atoms with Crippen LogP contribution in [0.4, 0.5) is 16.6 Å². The molecule has 0 saturated carbocycles. The summed E-state index contributed by atoms with van der Waals surface area (Å²) in [6.07, 6.45) is 7.37. The average molecular weight is 562 g/mol. The molecule has 0 spiro atoms. The fourth-order valence-corrected chi connectivity index (χ4v) is 5.50.